The maximum atomic E-state index is 13.0. The van der Waals surface area contributed by atoms with E-state index in [-0.39, 0.29) is 19.3 Å². The number of aliphatic hydroxyl groups excluding tert-OH is 2. The van der Waals surface area contributed by atoms with Crippen LogP contribution < -0.4 is 0 Å². The van der Waals surface area contributed by atoms with Crippen LogP contribution in [0.1, 0.15) is 393 Å². The van der Waals surface area contributed by atoms with E-state index >= 15 is 0 Å². The van der Waals surface area contributed by atoms with Crippen molar-refractivity contribution in [3.8, 4) is 0 Å². The summed E-state index contributed by atoms with van der Waals surface area (Å²) in [6.45, 7) is 2.49. The zero-order valence-electron chi connectivity index (χ0n) is 74.1. The largest absolute Gasteiger partial charge is 0.472 e. The van der Waals surface area contributed by atoms with Crippen molar-refractivity contribution in [3.63, 3.8) is 0 Å². The van der Waals surface area contributed by atoms with Crippen LogP contribution >= 0.6 is 15.6 Å². The van der Waals surface area contributed by atoms with Gasteiger partial charge >= 0.3 is 33.6 Å². The van der Waals surface area contributed by atoms with E-state index in [1.165, 1.54) is 212 Å². The Morgan fingerprint density at radius 3 is 0.744 bits per heavy atom. The van der Waals surface area contributed by atoms with E-state index < -0.39 is 91.5 Å². The summed E-state index contributed by atoms with van der Waals surface area (Å²) in [7, 11) is -9.83. The number of carbonyl (C=O) groups excluding carboxylic acids is 3. The Labute approximate surface area is 714 Å². The van der Waals surface area contributed by atoms with E-state index in [0.717, 1.165) is 116 Å². The molecule has 0 aliphatic heterocycles. The first-order valence-corrected chi connectivity index (χ1v) is 49.8. The maximum absolute atomic E-state index is 13.0. The van der Waals surface area contributed by atoms with Crippen LogP contribution in [-0.2, 0) is 55.8 Å². The highest BCUT2D eigenvalue weighted by Gasteiger charge is 2.29. The van der Waals surface area contributed by atoms with Crippen LogP contribution in [0.3, 0.4) is 0 Å². The summed E-state index contributed by atoms with van der Waals surface area (Å²) >= 11 is 0. The van der Waals surface area contributed by atoms with Gasteiger partial charge in [-0.25, -0.2) is 9.13 Å². The van der Waals surface area contributed by atoms with Crippen molar-refractivity contribution in [2.24, 2.45) is 0 Å². The summed E-state index contributed by atoms with van der Waals surface area (Å²) in [5, 5.41) is 20.7. The van der Waals surface area contributed by atoms with Gasteiger partial charge in [0.1, 0.15) is 25.4 Å². The molecule has 0 bridgehead atoms. The standard InChI is InChI=1S/C99H170O16P2/c1-4-7-10-13-16-19-22-25-28-31-33-35-37-39-41-43-45-46-48-50-51-53-55-57-59-62-64-67-70-73-76-79-82-85-97(102)109-88-94(100)89-111-116(105,106)112-90-95(101)91-113-117(107,108)114-93-96(115-99(104)87-84-81-78-75-72-69-66-61-30-27-24-21-18-15-12-9-6-3)92-110-98(103)86-83-80-77-74-71-68-65-63-60-58-56-54-52-49-47-44-42-40-38-36-34-32-29-26-23-20-17-14-11-8-5-2/h9,12,16-21,25-30,33-36,39-42,66,69,75,78,94-96,100-101H,4-8,10-11,13-15,22-24,31-32,37-38,43-65,67-68,70-74,76-77,79-93H2,1-3H3,(H,105,106)(H,107,108)/b12-9-,19-16-,20-17-,21-18-,28-25-,29-26-,30-27-,35-33-,36-34-,41-39-,42-40-,69-66-,78-75-. The Morgan fingerprint density at radius 2 is 0.462 bits per heavy atom. The second-order valence-electron chi connectivity index (χ2n) is 31.1. The van der Waals surface area contributed by atoms with E-state index in [4.69, 9.17) is 32.3 Å². The van der Waals surface area contributed by atoms with E-state index in [1.807, 2.05) is 12.2 Å². The van der Waals surface area contributed by atoms with Crippen molar-refractivity contribution in [1.29, 1.82) is 0 Å². The Morgan fingerprint density at radius 1 is 0.248 bits per heavy atom. The van der Waals surface area contributed by atoms with Gasteiger partial charge in [0, 0.05) is 19.3 Å². The average molecular weight is 1680 g/mol. The summed E-state index contributed by atoms with van der Waals surface area (Å²) in [5.74, 6) is -1.64. The van der Waals surface area contributed by atoms with Crippen LogP contribution in [0.5, 0.6) is 0 Å². The van der Waals surface area contributed by atoms with Gasteiger partial charge in [0.05, 0.1) is 26.4 Å². The molecule has 672 valence electrons. The zero-order valence-corrected chi connectivity index (χ0v) is 75.9. The summed E-state index contributed by atoms with van der Waals surface area (Å²) in [5.41, 5.74) is 0. The van der Waals surface area contributed by atoms with Crippen LogP contribution in [0.2, 0.25) is 0 Å². The quantitative estimate of drug-likeness (QED) is 0.0146. The summed E-state index contributed by atoms with van der Waals surface area (Å²) in [4.78, 5) is 58.9. The highest BCUT2D eigenvalue weighted by Crippen LogP contribution is 2.45. The van der Waals surface area contributed by atoms with Gasteiger partial charge in [-0.3, -0.25) is 32.5 Å². The monoisotopic (exact) mass is 1680 g/mol. The number of esters is 3. The number of allylic oxidation sites excluding steroid dienone is 26. The molecule has 0 heterocycles. The number of rotatable bonds is 88. The minimum atomic E-state index is -4.96. The van der Waals surface area contributed by atoms with E-state index in [0.29, 0.717) is 25.7 Å². The van der Waals surface area contributed by atoms with Crippen LogP contribution in [0.4, 0.5) is 0 Å². The molecule has 0 aromatic heterocycles. The number of unbranched alkanes of at least 4 members (excludes halogenated alkanes) is 39. The number of hydrogen-bond donors (Lipinski definition) is 4. The molecule has 4 N–H and O–H groups in total. The average Bonchev–Trinajstić information content (AvgIpc) is 0.900. The molecule has 0 spiro atoms. The van der Waals surface area contributed by atoms with Crippen molar-refractivity contribution < 1.29 is 75.8 Å². The number of phosphoric acid groups is 2. The van der Waals surface area contributed by atoms with Gasteiger partial charge in [0.15, 0.2) is 6.10 Å². The number of ether oxygens (including phenoxy) is 3. The minimum absolute atomic E-state index is 0.0236. The molecular formula is C99H170O16P2. The van der Waals surface area contributed by atoms with Gasteiger partial charge in [0.2, 0.25) is 0 Å². The molecule has 18 heteroatoms. The van der Waals surface area contributed by atoms with E-state index in [2.05, 4.69) is 167 Å². The molecule has 16 nitrogen and oxygen atoms in total. The summed E-state index contributed by atoms with van der Waals surface area (Å²) in [6, 6.07) is 0. The van der Waals surface area contributed by atoms with Crippen LogP contribution in [-0.4, -0.2) is 95.9 Å². The maximum Gasteiger partial charge on any atom is 0.472 e. The highest BCUT2D eigenvalue weighted by molar-refractivity contribution is 7.47. The third-order valence-electron chi connectivity index (χ3n) is 19.7. The lowest BCUT2D eigenvalue weighted by Gasteiger charge is -2.21. The van der Waals surface area contributed by atoms with Gasteiger partial charge in [-0.05, 0) is 148 Å². The van der Waals surface area contributed by atoms with Gasteiger partial charge in [-0.1, -0.05) is 384 Å². The van der Waals surface area contributed by atoms with Crippen molar-refractivity contribution >= 4 is 33.6 Å². The van der Waals surface area contributed by atoms with Crippen LogP contribution in [0.25, 0.3) is 0 Å². The highest BCUT2D eigenvalue weighted by atomic mass is 31.2. The fourth-order valence-corrected chi connectivity index (χ4v) is 14.2. The molecule has 0 radical (unpaired) electrons. The van der Waals surface area contributed by atoms with Gasteiger partial charge in [0.25, 0.3) is 0 Å². The van der Waals surface area contributed by atoms with Crippen molar-refractivity contribution in [2.75, 3.05) is 39.6 Å². The van der Waals surface area contributed by atoms with E-state index in [1.54, 1.807) is 0 Å². The minimum Gasteiger partial charge on any atom is -0.463 e. The van der Waals surface area contributed by atoms with Gasteiger partial charge in [-0.15, -0.1) is 0 Å². The molecule has 5 unspecified atom stereocenters. The van der Waals surface area contributed by atoms with Crippen molar-refractivity contribution in [3.05, 3.63) is 158 Å². The summed E-state index contributed by atoms with van der Waals surface area (Å²) in [6.07, 6.45) is 116. The van der Waals surface area contributed by atoms with Crippen LogP contribution in [0.15, 0.2) is 158 Å². The first-order valence-electron chi connectivity index (χ1n) is 46.8. The van der Waals surface area contributed by atoms with Gasteiger partial charge < -0.3 is 34.2 Å². The number of carbonyl (C=O) groups is 3. The molecule has 0 aliphatic carbocycles. The third-order valence-corrected chi connectivity index (χ3v) is 21.6. The third kappa shape index (κ3) is 91.7. The second kappa shape index (κ2) is 90.4. The number of aliphatic hydroxyl groups is 2. The predicted molar refractivity (Wildman–Crippen MR) is 491 cm³/mol. The lowest BCUT2D eigenvalue weighted by molar-refractivity contribution is -0.161. The smallest absolute Gasteiger partial charge is 0.463 e. The van der Waals surface area contributed by atoms with Crippen molar-refractivity contribution in [2.45, 2.75) is 411 Å². The molecule has 0 aliphatic rings. The molecule has 5 atom stereocenters. The van der Waals surface area contributed by atoms with Crippen LogP contribution in [0, 0.1) is 0 Å². The Balaban J connectivity index is 4.51. The molecule has 0 saturated heterocycles. The Bertz CT molecular complexity index is 2760. The topological polar surface area (TPSA) is 231 Å². The van der Waals surface area contributed by atoms with Gasteiger partial charge in [-0.2, -0.15) is 0 Å². The molecule has 0 amide bonds. The normalized spacial score (nSPS) is 14.5. The SMILES string of the molecule is CC/C=C\C/C=C\C/C=C\C/C=C\C/C=C\CCCC(=O)OC(COC(=O)CCCCCCCCCCCCCCCCC/C=C\C/C=C\C/C=C\C/C=C\CCCCC)COP(=O)(O)OCC(O)COP(=O)(O)OCC(O)COC(=O)CCCCCCCCCCCCCCCCCCC/C=C\C/C=C\C/C=C\C/C=C\CCCCC. The molecule has 0 fully saturated rings. The molecule has 0 saturated carbocycles. The number of phosphoric ester groups is 2. The molecular weight excluding hydrogens is 1510 g/mol. The zero-order chi connectivity index (χ0) is 85.1. The molecule has 0 aromatic rings. The Kier molecular flexibility index (Phi) is 86.7. The lowest BCUT2D eigenvalue weighted by Crippen LogP contribution is -2.30. The Hall–Kier alpha value is -4.83. The molecule has 0 rings (SSSR count). The van der Waals surface area contributed by atoms with E-state index in [9.17, 15) is 43.5 Å². The second-order valence-corrected chi connectivity index (χ2v) is 34.0. The lowest BCUT2D eigenvalue weighted by atomic mass is 10.0. The first-order chi connectivity index (χ1) is 57.2. The first kappa shape index (κ1) is 112. The number of hydrogen-bond acceptors (Lipinski definition) is 14. The predicted octanol–water partition coefficient (Wildman–Crippen LogP) is 28.9. The fraction of sp³-hybridized carbons (Fsp3) is 0.707. The van der Waals surface area contributed by atoms with Crippen molar-refractivity contribution in [1.82, 2.24) is 0 Å². The molecule has 117 heavy (non-hydrogen) atoms. The molecule has 0 aromatic carbocycles. The fourth-order valence-electron chi connectivity index (χ4n) is 12.6. The summed E-state index contributed by atoms with van der Waals surface area (Å²) < 4.78 is 61.4.